The lowest BCUT2D eigenvalue weighted by atomic mass is 9.94. The van der Waals surface area contributed by atoms with Crippen molar-refractivity contribution in [1.29, 1.82) is 0 Å². The number of hydrogen-bond donors (Lipinski definition) is 2. The minimum absolute atomic E-state index is 0.0835. The number of rotatable bonds is 8. The number of carbonyl (C=O) groups excluding carboxylic acids is 2. The van der Waals surface area contributed by atoms with Crippen LogP contribution in [0.5, 0.6) is 0 Å². The third-order valence-electron chi connectivity index (χ3n) is 5.28. The van der Waals surface area contributed by atoms with Crippen LogP contribution in [0.15, 0.2) is 47.1 Å². The van der Waals surface area contributed by atoms with Gasteiger partial charge >= 0.3 is 0 Å². The van der Waals surface area contributed by atoms with Crippen molar-refractivity contribution in [3.63, 3.8) is 0 Å². The van der Waals surface area contributed by atoms with Gasteiger partial charge in [-0.15, -0.1) is 0 Å². The fraction of sp³-hybridized carbons (Fsp3) is 0.455. The summed E-state index contributed by atoms with van der Waals surface area (Å²) in [5.74, 6) is 0.576. The van der Waals surface area contributed by atoms with Crippen molar-refractivity contribution >= 4 is 17.5 Å². The van der Waals surface area contributed by atoms with E-state index in [1.807, 2.05) is 36.1 Å². The first-order chi connectivity index (χ1) is 13.7. The van der Waals surface area contributed by atoms with Crippen molar-refractivity contribution < 1.29 is 14.0 Å². The van der Waals surface area contributed by atoms with E-state index >= 15 is 0 Å². The van der Waals surface area contributed by atoms with Crippen molar-refractivity contribution in [2.45, 2.75) is 51.6 Å². The van der Waals surface area contributed by atoms with Gasteiger partial charge in [0.2, 0.25) is 5.91 Å². The highest BCUT2D eigenvalue weighted by Crippen LogP contribution is 2.23. The van der Waals surface area contributed by atoms with E-state index in [9.17, 15) is 9.59 Å². The number of amides is 2. The van der Waals surface area contributed by atoms with Gasteiger partial charge in [-0.25, -0.2) is 0 Å². The van der Waals surface area contributed by atoms with Crippen molar-refractivity contribution in [3.8, 4) is 0 Å². The summed E-state index contributed by atoms with van der Waals surface area (Å²) in [5, 5.41) is 6.01. The Labute approximate surface area is 166 Å². The molecule has 2 aromatic rings. The van der Waals surface area contributed by atoms with E-state index in [0.717, 1.165) is 19.4 Å². The van der Waals surface area contributed by atoms with Crippen LogP contribution in [-0.2, 0) is 11.3 Å². The molecule has 3 rings (SSSR count). The molecule has 28 heavy (non-hydrogen) atoms. The van der Waals surface area contributed by atoms with Crippen LogP contribution in [0.25, 0.3) is 0 Å². The van der Waals surface area contributed by atoms with E-state index in [1.54, 1.807) is 18.4 Å². The minimum atomic E-state index is -0.202. The van der Waals surface area contributed by atoms with Gasteiger partial charge in [-0.2, -0.15) is 0 Å². The predicted octanol–water partition coefficient (Wildman–Crippen LogP) is 3.80. The summed E-state index contributed by atoms with van der Waals surface area (Å²) in [6.07, 6.45) is 7.41. The number of likely N-dealkylation sites (N-methyl/N-ethyl adjacent to an activating group) is 1. The molecule has 1 aromatic carbocycles. The Kier molecular flexibility index (Phi) is 7.12. The normalized spacial score (nSPS) is 14.5. The molecular formula is C22H29N3O3. The third-order valence-corrected chi connectivity index (χ3v) is 5.28. The van der Waals surface area contributed by atoms with Crippen molar-refractivity contribution in [1.82, 2.24) is 10.2 Å². The summed E-state index contributed by atoms with van der Waals surface area (Å²) in [7, 11) is 0. The van der Waals surface area contributed by atoms with Gasteiger partial charge in [0.1, 0.15) is 5.76 Å². The van der Waals surface area contributed by atoms with E-state index in [0.29, 0.717) is 29.6 Å². The molecule has 0 saturated heterocycles. The van der Waals surface area contributed by atoms with E-state index in [-0.39, 0.29) is 18.4 Å². The number of nitrogens with one attached hydrogen (secondary N) is 2. The fourth-order valence-corrected chi connectivity index (χ4v) is 3.81. The van der Waals surface area contributed by atoms with Crippen LogP contribution in [0.1, 0.15) is 55.1 Å². The average molecular weight is 383 g/mol. The highest BCUT2D eigenvalue weighted by Gasteiger charge is 2.24. The Morgan fingerprint density at radius 1 is 1.11 bits per heavy atom. The summed E-state index contributed by atoms with van der Waals surface area (Å²) in [4.78, 5) is 27.3. The number of hydrogen-bond acceptors (Lipinski definition) is 4. The zero-order valence-electron chi connectivity index (χ0n) is 16.4. The van der Waals surface area contributed by atoms with Crippen LogP contribution in [0.3, 0.4) is 0 Å². The molecule has 1 aliphatic rings. The molecule has 1 fully saturated rings. The first-order valence-electron chi connectivity index (χ1n) is 10.1. The molecule has 0 unspecified atom stereocenters. The number of carbonyl (C=O) groups is 2. The molecule has 150 valence electrons. The number of furan rings is 1. The molecule has 0 aliphatic heterocycles. The topological polar surface area (TPSA) is 74.6 Å². The minimum Gasteiger partial charge on any atom is -0.467 e. The summed E-state index contributed by atoms with van der Waals surface area (Å²) in [6, 6.07) is 11.2. The SMILES string of the molecule is CCN(C(=O)CNc1ccccc1C(=O)NCc1ccco1)C1CCCCC1. The first kappa shape index (κ1) is 20.0. The van der Waals surface area contributed by atoms with Crippen molar-refractivity contribution in [3.05, 3.63) is 54.0 Å². The Morgan fingerprint density at radius 2 is 1.89 bits per heavy atom. The Hall–Kier alpha value is -2.76. The zero-order chi connectivity index (χ0) is 19.8. The molecule has 1 saturated carbocycles. The van der Waals surface area contributed by atoms with Crippen LogP contribution in [0, 0.1) is 0 Å². The Morgan fingerprint density at radius 3 is 2.61 bits per heavy atom. The number of para-hydroxylation sites is 1. The third kappa shape index (κ3) is 5.15. The zero-order valence-corrected chi connectivity index (χ0v) is 16.4. The highest BCUT2D eigenvalue weighted by molar-refractivity contribution is 6.00. The molecular weight excluding hydrogens is 354 g/mol. The molecule has 1 aromatic heterocycles. The first-order valence-corrected chi connectivity index (χ1v) is 10.1. The smallest absolute Gasteiger partial charge is 0.253 e. The highest BCUT2D eigenvalue weighted by atomic mass is 16.3. The molecule has 1 aliphatic carbocycles. The van der Waals surface area contributed by atoms with Gasteiger partial charge in [-0.05, 0) is 44.0 Å². The fourth-order valence-electron chi connectivity index (χ4n) is 3.81. The Bertz CT molecular complexity index is 767. The predicted molar refractivity (Wildman–Crippen MR) is 109 cm³/mol. The van der Waals surface area contributed by atoms with Crippen molar-refractivity contribution in [2.24, 2.45) is 0 Å². The maximum absolute atomic E-state index is 12.8. The van der Waals surface area contributed by atoms with E-state index in [2.05, 4.69) is 10.6 Å². The molecule has 1 heterocycles. The summed E-state index contributed by atoms with van der Waals surface area (Å²) >= 11 is 0. The standard InChI is InChI=1S/C22H29N3O3/c1-2-25(17-9-4-3-5-10-17)21(26)16-23-20-13-7-6-12-19(20)22(27)24-15-18-11-8-14-28-18/h6-8,11-14,17,23H,2-5,9-10,15-16H2,1H3,(H,24,27). The van der Waals surface area contributed by atoms with Gasteiger partial charge in [0, 0.05) is 18.3 Å². The lowest BCUT2D eigenvalue weighted by Gasteiger charge is -2.33. The number of anilines is 1. The van der Waals surface area contributed by atoms with Gasteiger partial charge in [-0.1, -0.05) is 31.4 Å². The van der Waals surface area contributed by atoms with Crippen molar-refractivity contribution in [2.75, 3.05) is 18.4 Å². The average Bonchev–Trinajstić information content (AvgIpc) is 3.26. The molecule has 0 bridgehead atoms. The second-order valence-electron chi connectivity index (χ2n) is 7.13. The van der Waals surface area contributed by atoms with Crippen LogP contribution in [0.2, 0.25) is 0 Å². The van der Waals surface area contributed by atoms with Gasteiger partial charge in [0.25, 0.3) is 5.91 Å². The maximum Gasteiger partial charge on any atom is 0.253 e. The molecule has 6 heteroatoms. The lowest BCUT2D eigenvalue weighted by molar-refractivity contribution is -0.132. The summed E-state index contributed by atoms with van der Waals surface area (Å²) in [6.45, 7) is 3.26. The molecule has 6 nitrogen and oxygen atoms in total. The lowest BCUT2D eigenvalue weighted by Crippen LogP contribution is -2.44. The van der Waals surface area contributed by atoms with E-state index in [1.165, 1.54) is 19.3 Å². The second kappa shape index (κ2) is 9.97. The maximum atomic E-state index is 12.8. The summed E-state index contributed by atoms with van der Waals surface area (Å²) < 4.78 is 5.24. The Balaban J connectivity index is 1.59. The molecule has 2 N–H and O–H groups in total. The largest absolute Gasteiger partial charge is 0.467 e. The van der Waals surface area contributed by atoms with Gasteiger partial charge in [0.05, 0.1) is 24.9 Å². The van der Waals surface area contributed by atoms with Crippen LogP contribution >= 0.6 is 0 Å². The van der Waals surface area contributed by atoms with Gasteiger partial charge in [-0.3, -0.25) is 9.59 Å². The monoisotopic (exact) mass is 383 g/mol. The second-order valence-corrected chi connectivity index (χ2v) is 7.13. The van der Waals surface area contributed by atoms with Crippen LogP contribution in [0.4, 0.5) is 5.69 Å². The quantitative estimate of drug-likeness (QED) is 0.727. The number of nitrogens with zero attached hydrogens (tertiary/aromatic N) is 1. The van der Waals surface area contributed by atoms with E-state index in [4.69, 9.17) is 4.42 Å². The molecule has 2 amide bonds. The number of benzene rings is 1. The molecule has 0 spiro atoms. The van der Waals surface area contributed by atoms with Gasteiger partial charge in [0.15, 0.2) is 0 Å². The van der Waals surface area contributed by atoms with Crippen LogP contribution in [-0.4, -0.2) is 35.8 Å². The molecule has 0 atom stereocenters. The summed E-state index contributed by atoms with van der Waals surface area (Å²) in [5.41, 5.74) is 1.18. The van der Waals surface area contributed by atoms with Gasteiger partial charge < -0.3 is 20.0 Å². The molecule has 0 radical (unpaired) electrons. The van der Waals surface area contributed by atoms with E-state index < -0.39 is 0 Å². The van der Waals surface area contributed by atoms with Crippen LogP contribution < -0.4 is 10.6 Å².